The fourth-order valence-electron chi connectivity index (χ4n) is 2.17. The second-order valence-corrected chi connectivity index (χ2v) is 6.12. The van der Waals surface area contributed by atoms with E-state index in [-0.39, 0.29) is 23.0 Å². The highest BCUT2D eigenvalue weighted by molar-refractivity contribution is 9.09. The molecule has 18 heavy (non-hydrogen) atoms. The molecule has 0 aromatic heterocycles. The van der Waals surface area contributed by atoms with Crippen LogP contribution in [-0.2, 0) is 0 Å². The lowest BCUT2D eigenvalue weighted by molar-refractivity contribution is 0.0745. The van der Waals surface area contributed by atoms with Crippen LogP contribution in [0, 0.1) is 5.92 Å². The standard InChI is InChI=1S/C13H16BrNO3/c1-15(7-8-4-9(14)5-8)13(18)11-6-10(16)2-3-12(11)17/h2-3,6,8-9,16-17H,4-5,7H2,1H3. The van der Waals surface area contributed by atoms with Crippen LogP contribution >= 0.6 is 15.9 Å². The Morgan fingerprint density at radius 3 is 2.72 bits per heavy atom. The zero-order valence-corrected chi connectivity index (χ0v) is 11.7. The molecule has 1 amide bonds. The number of halogens is 1. The van der Waals surface area contributed by atoms with Gasteiger partial charge in [0.15, 0.2) is 0 Å². The summed E-state index contributed by atoms with van der Waals surface area (Å²) in [5, 5.41) is 19.0. The summed E-state index contributed by atoms with van der Waals surface area (Å²) in [6.45, 7) is 0.677. The Balaban J connectivity index is 2.03. The van der Waals surface area contributed by atoms with Crippen LogP contribution < -0.4 is 0 Å². The molecule has 1 saturated carbocycles. The summed E-state index contributed by atoms with van der Waals surface area (Å²) in [5.74, 6) is 0.134. The van der Waals surface area contributed by atoms with Gasteiger partial charge in [-0.25, -0.2) is 0 Å². The van der Waals surface area contributed by atoms with Gasteiger partial charge in [0.1, 0.15) is 11.5 Å². The first-order chi connectivity index (χ1) is 8.47. The number of phenolic OH excluding ortho intramolecular Hbond substituents is 2. The van der Waals surface area contributed by atoms with Gasteiger partial charge in [-0.15, -0.1) is 0 Å². The van der Waals surface area contributed by atoms with E-state index < -0.39 is 0 Å². The molecule has 2 N–H and O–H groups in total. The summed E-state index contributed by atoms with van der Waals surface area (Å²) >= 11 is 3.52. The van der Waals surface area contributed by atoms with Gasteiger partial charge in [0.25, 0.3) is 5.91 Å². The van der Waals surface area contributed by atoms with Crippen molar-refractivity contribution in [2.75, 3.05) is 13.6 Å². The fraction of sp³-hybridized carbons (Fsp3) is 0.462. The van der Waals surface area contributed by atoms with Crippen LogP contribution in [0.5, 0.6) is 11.5 Å². The van der Waals surface area contributed by atoms with Gasteiger partial charge in [0.05, 0.1) is 5.56 Å². The molecule has 1 aliphatic rings. The van der Waals surface area contributed by atoms with E-state index in [0.29, 0.717) is 17.3 Å². The molecular weight excluding hydrogens is 298 g/mol. The van der Waals surface area contributed by atoms with Gasteiger partial charge in [0, 0.05) is 18.4 Å². The van der Waals surface area contributed by atoms with Crippen molar-refractivity contribution in [2.24, 2.45) is 5.92 Å². The Bertz CT molecular complexity index is 458. The van der Waals surface area contributed by atoms with Crippen molar-refractivity contribution in [3.8, 4) is 11.5 Å². The number of hydrogen-bond acceptors (Lipinski definition) is 3. The Kier molecular flexibility index (Phi) is 3.80. The largest absolute Gasteiger partial charge is 0.508 e. The molecule has 0 bridgehead atoms. The zero-order chi connectivity index (χ0) is 13.3. The molecule has 0 unspecified atom stereocenters. The lowest BCUT2D eigenvalue weighted by atomic mass is 9.85. The van der Waals surface area contributed by atoms with Gasteiger partial charge >= 0.3 is 0 Å². The molecule has 0 spiro atoms. The number of hydrogen-bond donors (Lipinski definition) is 2. The number of phenols is 2. The molecule has 0 aliphatic heterocycles. The molecule has 0 saturated heterocycles. The van der Waals surface area contributed by atoms with Crippen LogP contribution in [0.25, 0.3) is 0 Å². The molecule has 98 valence electrons. The Hall–Kier alpha value is -1.23. The zero-order valence-electron chi connectivity index (χ0n) is 10.1. The highest BCUT2D eigenvalue weighted by Crippen LogP contribution is 2.34. The predicted molar refractivity (Wildman–Crippen MR) is 72.2 cm³/mol. The maximum Gasteiger partial charge on any atom is 0.257 e. The summed E-state index contributed by atoms with van der Waals surface area (Å²) in [4.78, 5) is 14.3. The van der Waals surface area contributed by atoms with E-state index in [0.717, 1.165) is 12.8 Å². The maximum absolute atomic E-state index is 12.1. The van der Waals surface area contributed by atoms with Crippen LogP contribution in [-0.4, -0.2) is 39.4 Å². The molecule has 0 atom stereocenters. The second kappa shape index (κ2) is 5.18. The average molecular weight is 314 g/mol. The summed E-state index contributed by atoms with van der Waals surface area (Å²) in [6.07, 6.45) is 2.15. The minimum atomic E-state index is -0.263. The molecule has 5 heteroatoms. The first-order valence-corrected chi connectivity index (χ1v) is 6.80. The van der Waals surface area contributed by atoms with E-state index in [1.54, 1.807) is 11.9 Å². The lowest BCUT2D eigenvalue weighted by Crippen LogP contribution is -2.37. The van der Waals surface area contributed by atoms with Gasteiger partial charge < -0.3 is 15.1 Å². The van der Waals surface area contributed by atoms with Crippen LogP contribution in [0.1, 0.15) is 23.2 Å². The maximum atomic E-state index is 12.1. The van der Waals surface area contributed by atoms with E-state index in [9.17, 15) is 15.0 Å². The quantitative estimate of drug-likeness (QED) is 0.665. The lowest BCUT2D eigenvalue weighted by Gasteiger charge is -2.34. The number of alkyl halides is 1. The van der Waals surface area contributed by atoms with Gasteiger partial charge in [-0.2, -0.15) is 0 Å². The van der Waals surface area contributed by atoms with E-state index in [1.165, 1.54) is 18.2 Å². The molecule has 2 rings (SSSR count). The molecule has 1 aromatic carbocycles. The minimum absolute atomic E-state index is 0.0197. The smallest absolute Gasteiger partial charge is 0.257 e. The number of amides is 1. The van der Waals surface area contributed by atoms with E-state index >= 15 is 0 Å². The van der Waals surface area contributed by atoms with Gasteiger partial charge in [-0.1, -0.05) is 15.9 Å². The summed E-state index contributed by atoms with van der Waals surface area (Å²) < 4.78 is 0. The number of aromatic hydroxyl groups is 2. The van der Waals surface area contributed by atoms with E-state index in [2.05, 4.69) is 15.9 Å². The Morgan fingerprint density at radius 1 is 1.44 bits per heavy atom. The van der Waals surface area contributed by atoms with Crippen LogP contribution in [0.15, 0.2) is 18.2 Å². The van der Waals surface area contributed by atoms with E-state index in [4.69, 9.17) is 0 Å². The average Bonchev–Trinajstić information content (AvgIpc) is 2.29. The summed E-state index contributed by atoms with van der Waals surface area (Å²) in [6, 6.07) is 3.98. The predicted octanol–water partition coefficient (Wildman–Crippen LogP) is 2.34. The van der Waals surface area contributed by atoms with Crippen LogP contribution in [0.4, 0.5) is 0 Å². The Labute approximate surface area is 114 Å². The number of carbonyl (C=O) groups excluding carboxylic acids is 1. The van der Waals surface area contributed by atoms with Crippen LogP contribution in [0.2, 0.25) is 0 Å². The molecule has 4 nitrogen and oxygen atoms in total. The third-order valence-corrected chi connectivity index (χ3v) is 4.02. The third-order valence-electron chi connectivity index (χ3n) is 3.27. The topological polar surface area (TPSA) is 60.8 Å². The molecule has 1 fully saturated rings. The molecule has 1 aromatic rings. The number of benzene rings is 1. The number of carbonyl (C=O) groups is 1. The van der Waals surface area contributed by atoms with Crippen molar-refractivity contribution in [3.05, 3.63) is 23.8 Å². The molecule has 0 heterocycles. The van der Waals surface area contributed by atoms with Crippen molar-refractivity contribution in [3.63, 3.8) is 0 Å². The normalized spacial score (nSPS) is 22.3. The molecule has 1 aliphatic carbocycles. The first-order valence-electron chi connectivity index (χ1n) is 5.89. The number of rotatable bonds is 3. The first kappa shape index (κ1) is 13.2. The second-order valence-electron chi connectivity index (χ2n) is 4.82. The highest BCUT2D eigenvalue weighted by atomic mass is 79.9. The molecule has 0 radical (unpaired) electrons. The fourth-order valence-corrected chi connectivity index (χ4v) is 3.23. The highest BCUT2D eigenvalue weighted by Gasteiger charge is 2.29. The third kappa shape index (κ3) is 2.77. The van der Waals surface area contributed by atoms with Crippen molar-refractivity contribution in [1.29, 1.82) is 0 Å². The SMILES string of the molecule is CN(CC1CC(Br)C1)C(=O)c1cc(O)ccc1O. The summed E-state index contributed by atoms with van der Waals surface area (Å²) in [7, 11) is 1.72. The molecular formula is C13H16BrNO3. The van der Waals surface area contributed by atoms with Crippen molar-refractivity contribution in [2.45, 2.75) is 17.7 Å². The van der Waals surface area contributed by atoms with E-state index in [1.807, 2.05) is 0 Å². The number of nitrogens with zero attached hydrogens (tertiary/aromatic N) is 1. The van der Waals surface area contributed by atoms with Gasteiger partial charge in [0.2, 0.25) is 0 Å². The summed E-state index contributed by atoms with van der Waals surface area (Å²) in [5.41, 5.74) is 0.146. The van der Waals surface area contributed by atoms with Gasteiger partial charge in [-0.3, -0.25) is 4.79 Å². The van der Waals surface area contributed by atoms with Gasteiger partial charge in [-0.05, 0) is 37.0 Å². The van der Waals surface area contributed by atoms with Crippen LogP contribution in [0.3, 0.4) is 0 Å². The monoisotopic (exact) mass is 313 g/mol. The van der Waals surface area contributed by atoms with Crippen molar-refractivity contribution < 1.29 is 15.0 Å². The van der Waals surface area contributed by atoms with Crippen molar-refractivity contribution >= 4 is 21.8 Å². The Morgan fingerprint density at radius 2 is 2.11 bits per heavy atom. The van der Waals surface area contributed by atoms with Crippen molar-refractivity contribution in [1.82, 2.24) is 4.90 Å². The minimum Gasteiger partial charge on any atom is -0.508 e.